The first kappa shape index (κ1) is 22.5. The van der Waals surface area contributed by atoms with Crippen molar-refractivity contribution in [2.75, 3.05) is 27.2 Å². The minimum absolute atomic E-state index is 0.00444. The fraction of sp³-hybridized carbons (Fsp3) is 0.560. The zero-order valence-corrected chi connectivity index (χ0v) is 19.5. The largest absolute Gasteiger partial charge is 0.355 e. The monoisotopic (exact) mass is 437 g/mol. The third kappa shape index (κ3) is 4.31. The number of likely N-dealkylation sites (tertiary alicyclic amines) is 1. The van der Waals surface area contributed by atoms with Crippen LogP contribution in [0.5, 0.6) is 0 Å². The number of amides is 2. The molecule has 4 atom stereocenters. The van der Waals surface area contributed by atoms with E-state index in [4.69, 9.17) is 0 Å². The van der Waals surface area contributed by atoms with Crippen molar-refractivity contribution >= 4 is 17.8 Å². The average Bonchev–Trinajstić information content (AvgIpc) is 3.46. The second-order valence-electron chi connectivity index (χ2n) is 9.46. The van der Waals surface area contributed by atoms with Crippen LogP contribution in [-0.2, 0) is 22.7 Å². The minimum Gasteiger partial charge on any atom is -0.355 e. The van der Waals surface area contributed by atoms with E-state index in [1.807, 2.05) is 0 Å². The second-order valence-corrected chi connectivity index (χ2v) is 9.46. The van der Waals surface area contributed by atoms with Gasteiger partial charge in [-0.2, -0.15) is 0 Å². The summed E-state index contributed by atoms with van der Waals surface area (Å²) >= 11 is 0. The SMILES string of the molecule is CN=C(NCCN1C(=O)C2C3C=CC(C3)C2C1=O)NCc1ccccc1CN(C)C(C)C. The van der Waals surface area contributed by atoms with Gasteiger partial charge in [-0.1, -0.05) is 36.4 Å². The standard InChI is InChI=1S/C25H35N5O2/c1-16(2)29(4)15-20-8-6-5-7-19(20)14-28-25(26-3)27-11-12-30-23(31)21-17-9-10-18(13-17)22(21)24(30)32/h5-10,16-18,21-22H,11-15H2,1-4H3,(H2,26,27,28). The van der Waals surface area contributed by atoms with Gasteiger partial charge in [-0.25, -0.2) is 0 Å². The van der Waals surface area contributed by atoms with Gasteiger partial charge >= 0.3 is 0 Å². The van der Waals surface area contributed by atoms with Crippen LogP contribution in [-0.4, -0.2) is 60.8 Å². The van der Waals surface area contributed by atoms with E-state index < -0.39 is 0 Å². The lowest BCUT2D eigenvalue weighted by Gasteiger charge is -2.23. The molecule has 2 fully saturated rings. The number of aliphatic imine (C=N–C) groups is 1. The molecule has 2 amide bonds. The van der Waals surface area contributed by atoms with Gasteiger partial charge in [0.2, 0.25) is 11.8 Å². The molecule has 2 N–H and O–H groups in total. The molecular formula is C25H35N5O2. The highest BCUT2D eigenvalue weighted by Gasteiger charge is 2.58. The molecule has 1 saturated carbocycles. The number of hydrogen-bond acceptors (Lipinski definition) is 4. The molecule has 172 valence electrons. The molecule has 2 bridgehead atoms. The maximum atomic E-state index is 12.8. The van der Waals surface area contributed by atoms with Crippen LogP contribution in [0, 0.1) is 23.7 Å². The summed E-state index contributed by atoms with van der Waals surface area (Å²) in [6.07, 6.45) is 5.21. The maximum absolute atomic E-state index is 12.8. The molecule has 0 radical (unpaired) electrons. The Kier molecular flexibility index (Phi) is 6.65. The molecule has 1 aromatic rings. The lowest BCUT2D eigenvalue weighted by Crippen LogP contribution is -2.43. The first-order chi connectivity index (χ1) is 15.4. The zero-order valence-electron chi connectivity index (χ0n) is 19.5. The Hall–Kier alpha value is -2.67. The number of fused-ring (bicyclic) bond motifs is 5. The van der Waals surface area contributed by atoms with Crippen molar-refractivity contribution in [3.8, 4) is 0 Å². The van der Waals surface area contributed by atoms with Gasteiger partial charge in [-0.3, -0.25) is 24.4 Å². The van der Waals surface area contributed by atoms with Crippen LogP contribution in [0.3, 0.4) is 0 Å². The van der Waals surface area contributed by atoms with E-state index in [9.17, 15) is 9.59 Å². The second kappa shape index (κ2) is 9.45. The van der Waals surface area contributed by atoms with Crippen molar-refractivity contribution < 1.29 is 9.59 Å². The Morgan fingerprint density at radius 1 is 1.09 bits per heavy atom. The Morgan fingerprint density at radius 2 is 1.72 bits per heavy atom. The van der Waals surface area contributed by atoms with Crippen LogP contribution in [0.4, 0.5) is 0 Å². The van der Waals surface area contributed by atoms with Crippen LogP contribution < -0.4 is 10.6 Å². The van der Waals surface area contributed by atoms with Crippen molar-refractivity contribution in [2.45, 2.75) is 39.4 Å². The quantitative estimate of drug-likeness (QED) is 0.282. The topological polar surface area (TPSA) is 77.0 Å². The average molecular weight is 438 g/mol. The fourth-order valence-corrected chi connectivity index (χ4v) is 5.21. The molecule has 7 nitrogen and oxygen atoms in total. The summed E-state index contributed by atoms with van der Waals surface area (Å²) in [5.74, 6) is 0.922. The molecule has 32 heavy (non-hydrogen) atoms. The van der Waals surface area contributed by atoms with Gasteiger partial charge in [0.05, 0.1) is 11.8 Å². The Bertz CT molecular complexity index is 895. The molecule has 1 heterocycles. The predicted molar refractivity (Wildman–Crippen MR) is 126 cm³/mol. The summed E-state index contributed by atoms with van der Waals surface area (Å²) in [6, 6.07) is 8.89. The molecule has 1 aromatic carbocycles. The highest BCUT2D eigenvalue weighted by atomic mass is 16.2. The van der Waals surface area contributed by atoms with E-state index >= 15 is 0 Å². The number of carbonyl (C=O) groups excluding carboxylic acids is 2. The number of guanidine groups is 1. The smallest absolute Gasteiger partial charge is 0.233 e. The number of hydrogen-bond donors (Lipinski definition) is 2. The molecule has 1 aliphatic heterocycles. The number of imide groups is 1. The van der Waals surface area contributed by atoms with Gasteiger partial charge in [-0.15, -0.1) is 0 Å². The van der Waals surface area contributed by atoms with E-state index in [2.05, 4.69) is 77.8 Å². The first-order valence-electron chi connectivity index (χ1n) is 11.7. The highest BCUT2D eigenvalue weighted by molar-refractivity contribution is 6.06. The minimum atomic E-state index is -0.129. The van der Waals surface area contributed by atoms with Crippen LogP contribution in [0.25, 0.3) is 0 Å². The lowest BCUT2D eigenvalue weighted by atomic mass is 9.85. The number of rotatable bonds is 8. The van der Waals surface area contributed by atoms with Crippen molar-refractivity contribution in [3.05, 3.63) is 47.5 Å². The molecule has 1 saturated heterocycles. The van der Waals surface area contributed by atoms with E-state index in [1.165, 1.54) is 16.0 Å². The number of benzene rings is 1. The van der Waals surface area contributed by atoms with Crippen molar-refractivity contribution in [1.29, 1.82) is 0 Å². The summed E-state index contributed by atoms with van der Waals surface area (Å²) < 4.78 is 0. The van der Waals surface area contributed by atoms with Gasteiger partial charge in [0.1, 0.15) is 0 Å². The van der Waals surface area contributed by atoms with Gasteiger partial charge < -0.3 is 10.6 Å². The normalized spacial score (nSPS) is 26.6. The number of nitrogens with one attached hydrogen (secondary N) is 2. The third-order valence-corrected chi connectivity index (χ3v) is 7.28. The fourth-order valence-electron chi connectivity index (χ4n) is 5.21. The number of allylic oxidation sites excluding steroid dienone is 2. The van der Waals surface area contributed by atoms with E-state index in [0.29, 0.717) is 31.6 Å². The van der Waals surface area contributed by atoms with Gasteiger partial charge in [0.15, 0.2) is 5.96 Å². The van der Waals surface area contributed by atoms with Crippen molar-refractivity contribution in [2.24, 2.45) is 28.7 Å². The first-order valence-corrected chi connectivity index (χ1v) is 11.7. The van der Waals surface area contributed by atoms with Crippen molar-refractivity contribution in [1.82, 2.24) is 20.4 Å². The lowest BCUT2D eigenvalue weighted by molar-refractivity contribution is -0.140. The van der Waals surface area contributed by atoms with Gasteiger partial charge in [0.25, 0.3) is 0 Å². The van der Waals surface area contributed by atoms with E-state index in [-0.39, 0.29) is 35.5 Å². The highest BCUT2D eigenvalue weighted by Crippen LogP contribution is 2.52. The van der Waals surface area contributed by atoms with Crippen LogP contribution in [0.1, 0.15) is 31.4 Å². The number of carbonyl (C=O) groups is 2. The van der Waals surface area contributed by atoms with E-state index in [1.54, 1.807) is 7.05 Å². The molecule has 0 aromatic heterocycles. The summed E-state index contributed by atoms with van der Waals surface area (Å²) in [5.41, 5.74) is 2.51. The van der Waals surface area contributed by atoms with Crippen LogP contribution in [0.15, 0.2) is 41.4 Å². The predicted octanol–water partition coefficient (Wildman–Crippen LogP) is 2.00. The Labute approximate surface area is 190 Å². The molecule has 3 aliphatic rings. The van der Waals surface area contributed by atoms with Gasteiger partial charge in [0, 0.05) is 39.3 Å². The molecule has 4 unspecified atom stereocenters. The van der Waals surface area contributed by atoms with E-state index in [0.717, 1.165) is 13.0 Å². The molecule has 4 rings (SSSR count). The summed E-state index contributed by atoms with van der Waals surface area (Å²) in [6.45, 7) is 6.79. The third-order valence-electron chi connectivity index (χ3n) is 7.28. The zero-order chi connectivity index (χ0) is 22.8. The Balaban J connectivity index is 1.28. The maximum Gasteiger partial charge on any atom is 0.233 e. The Morgan fingerprint density at radius 3 is 2.31 bits per heavy atom. The van der Waals surface area contributed by atoms with Crippen molar-refractivity contribution in [3.63, 3.8) is 0 Å². The molecule has 7 heteroatoms. The van der Waals surface area contributed by atoms with Crippen LogP contribution in [0.2, 0.25) is 0 Å². The van der Waals surface area contributed by atoms with Gasteiger partial charge in [-0.05, 0) is 50.3 Å². The summed E-state index contributed by atoms with van der Waals surface area (Å²) in [7, 11) is 3.86. The van der Waals surface area contributed by atoms with Crippen LogP contribution >= 0.6 is 0 Å². The summed E-state index contributed by atoms with van der Waals surface area (Å²) in [5, 5.41) is 6.62. The molecular weight excluding hydrogens is 402 g/mol. The molecule has 2 aliphatic carbocycles. The number of nitrogens with zero attached hydrogens (tertiary/aromatic N) is 3. The molecule has 0 spiro atoms. The summed E-state index contributed by atoms with van der Waals surface area (Å²) in [4.78, 5) is 33.7.